The zero-order chi connectivity index (χ0) is 26.2. The van der Waals surface area contributed by atoms with Crippen LogP contribution in [0, 0.1) is 17.7 Å². The molecule has 2 aromatic rings. The molecule has 7 heteroatoms. The summed E-state index contributed by atoms with van der Waals surface area (Å²) < 4.78 is 30.6. The van der Waals surface area contributed by atoms with Gasteiger partial charge in [-0.3, -0.25) is 0 Å². The molecular formula is C29H40FNO5. The minimum Gasteiger partial charge on any atom is -0.493 e. The molecule has 0 saturated carbocycles. The maximum atomic E-state index is 13.6. The third-order valence-electron chi connectivity index (χ3n) is 7.16. The smallest absolute Gasteiger partial charge is 0.332 e. The summed E-state index contributed by atoms with van der Waals surface area (Å²) in [5, 5.41) is 9.91. The van der Waals surface area contributed by atoms with E-state index >= 15 is 0 Å². The van der Waals surface area contributed by atoms with Gasteiger partial charge in [0.15, 0.2) is 17.6 Å². The Hall–Kier alpha value is -2.64. The zero-order valence-corrected chi connectivity index (χ0v) is 22.1. The number of carboxylic acid groups (broad SMARTS) is 1. The molecule has 2 aromatic carbocycles. The molecule has 0 bridgehead atoms. The molecule has 198 valence electrons. The molecule has 2 unspecified atom stereocenters. The van der Waals surface area contributed by atoms with E-state index in [4.69, 9.17) is 14.2 Å². The molecule has 0 fully saturated rings. The number of halogens is 1. The Morgan fingerprint density at radius 2 is 1.83 bits per heavy atom. The number of nitrogens with zero attached hydrogens (tertiary/aromatic N) is 1. The van der Waals surface area contributed by atoms with E-state index in [1.807, 2.05) is 31.3 Å². The van der Waals surface area contributed by atoms with Crippen LogP contribution in [-0.4, -0.2) is 62.5 Å². The van der Waals surface area contributed by atoms with Gasteiger partial charge in [0.25, 0.3) is 0 Å². The van der Waals surface area contributed by atoms with E-state index in [0.717, 1.165) is 48.9 Å². The third kappa shape index (κ3) is 7.43. The molecule has 0 amide bonds. The fraction of sp³-hybridized carbons (Fsp3) is 0.552. The van der Waals surface area contributed by atoms with Crippen LogP contribution < -0.4 is 9.47 Å². The van der Waals surface area contributed by atoms with Crippen LogP contribution in [0.3, 0.4) is 0 Å². The Kier molecular flexibility index (Phi) is 10.1. The second kappa shape index (κ2) is 13.1. The van der Waals surface area contributed by atoms with Crippen LogP contribution in [0.4, 0.5) is 4.39 Å². The minimum absolute atomic E-state index is 0.165. The number of ether oxygens (including phenoxy) is 3. The van der Waals surface area contributed by atoms with Gasteiger partial charge in [-0.2, -0.15) is 0 Å². The predicted octanol–water partition coefficient (Wildman–Crippen LogP) is 5.01. The van der Waals surface area contributed by atoms with E-state index in [0.29, 0.717) is 24.5 Å². The molecule has 36 heavy (non-hydrogen) atoms. The standard InChI is InChI=1S/C29H40FNO5/c1-19(2)28(23-8-7-22-18-24(30)10-9-21(22)17-23)36-26(29(32)33)13-15-31(3)14-12-20-6-11-25(34-4)27(16-20)35-5/h6,9-11,16,18-19,23,26,28H,7-8,12-15,17H2,1-5H3,(H,32,33)/t23?,26-,28?/m0/s1. The van der Waals surface area contributed by atoms with Crippen molar-refractivity contribution in [2.45, 2.75) is 58.2 Å². The van der Waals surface area contributed by atoms with Crippen molar-refractivity contribution in [2.24, 2.45) is 11.8 Å². The van der Waals surface area contributed by atoms with Crippen LogP contribution in [0.1, 0.15) is 43.4 Å². The summed E-state index contributed by atoms with van der Waals surface area (Å²) in [6.45, 7) is 5.56. The highest BCUT2D eigenvalue weighted by Gasteiger charge is 2.33. The number of aryl methyl sites for hydroxylation is 1. The van der Waals surface area contributed by atoms with E-state index in [1.165, 1.54) is 6.07 Å². The molecule has 6 nitrogen and oxygen atoms in total. The Balaban J connectivity index is 1.55. The summed E-state index contributed by atoms with van der Waals surface area (Å²) >= 11 is 0. The van der Waals surface area contributed by atoms with E-state index in [-0.39, 0.29) is 23.8 Å². The highest BCUT2D eigenvalue weighted by molar-refractivity contribution is 5.72. The van der Waals surface area contributed by atoms with Gasteiger partial charge in [-0.15, -0.1) is 0 Å². The second-order valence-electron chi connectivity index (χ2n) is 10.1. The summed E-state index contributed by atoms with van der Waals surface area (Å²) in [6.07, 6.45) is 2.65. The number of carbonyl (C=O) groups is 1. The fourth-order valence-electron chi connectivity index (χ4n) is 5.09. The number of rotatable bonds is 13. The fourth-order valence-corrected chi connectivity index (χ4v) is 5.09. The van der Waals surface area contributed by atoms with Crippen LogP contribution in [-0.2, 0) is 28.8 Å². The summed E-state index contributed by atoms with van der Waals surface area (Å²) in [5.41, 5.74) is 3.33. The molecule has 0 spiro atoms. The number of methoxy groups -OCH3 is 2. The first-order chi connectivity index (χ1) is 17.2. The number of aliphatic carboxylic acids is 1. The average molecular weight is 502 g/mol. The average Bonchev–Trinajstić information content (AvgIpc) is 2.86. The van der Waals surface area contributed by atoms with Gasteiger partial charge in [-0.1, -0.05) is 26.0 Å². The zero-order valence-electron chi connectivity index (χ0n) is 22.1. The molecule has 1 aliphatic rings. The van der Waals surface area contributed by atoms with E-state index < -0.39 is 12.1 Å². The molecule has 0 radical (unpaired) electrons. The molecular weight excluding hydrogens is 461 g/mol. The lowest BCUT2D eigenvalue weighted by molar-refractivity contribution is -0.160. The van der Waals surface area contributed by atoms with Crippen LogP contribution in [0.5, 0.6) is 11.5 Å². The lowest BCUT2D eigenvalue weighted by Crippen LogP contribution is -2.40. The molecule has 1 N–H and O–H groups in total. The number of likely N-dealkylation sites (N-methyl/N-ethyl adjacent to an activating group) is 1. The van der Waals surface area contributed by atoms with Gasteiger partial charge in [0.1, 0.15) is 5.82 Å². The molecule has 3 atom stereocenters. The number of hydrogen-bond donors (Lipinski definition) is 1. The van der Waals surface area contributed by atoms with Crippen LogP contribution in [0.15, 0.2) is 36.4 Å². The predicted molar refractivity (Wildman–Crippen MR) is 138 cm³/mol. The normalized spacial score (nSPS) is 17.1. The Morgan fingerprint density at radius 3 is 2.50 bits per heavy atom. The highest BCUT2D eigenvalue weighted by atomic mass is 19.1. The molecule has 0 saturated heterocycles. The van der Waals surface area contributed by atoms with Crippen molar-refractivity contribution in [3.05, 3.63) is 58.9 Å². The second-order valence-corrected chi connectivity index (χ2v) is 10.1. The number of hydrogen-bond acceptors (Lipinski definition) is 5. The van der Waals surface area contributed by atoms with Gasteiger partial charge in [-0.25, -0.2) is 9.18 Å². The number of benzene rings is 2. The monoisotopic (exact) mass is 501 g/mol. The summed E-state index contributed by atoms with van der Waals surface area (Å²) in [4.78, 5) is 14.2. The first-order valence-corrected chi connectivity index (χ1v) is 12.8. The number of fused-ring (bicyclic) bond motifs is 1. The van der Waals surface area contributed by atoms with Crippen molar-refractivity contribution >= 4 is 5.97 Å². The summed E-state index contributed by atoms with van der Waals surface area (Å²) in [5.74, 6) is 0.670. The first kappa shape index (κ1) is 27.9. The van der Waals surface area contributed by atoms with Crippen molar-refractivity contribution in [3.8, 4) is 11.5 Å². The lowest BCUT2D eigenvalue weighted by Gasteiger charge is -2.35. The topological polar surface area (TPSA) is 68.2 Å². The van der Waals surface area contributed by atoms with Gasteiger partial charge in [0.05, 0.1) is 20.3 Å². The molecule has 0 aromatic heterocycles. The Labute approximate surface area is 214 Å². The quantitative estimate of drug-likeness (QED) is 0.416. The molecule has 0 aliphatic heterocycles. The Bertz CT molecular complexity index is 1010. The van der Waals surface area contributed by atoms with Crippen molar-refractivity contribution in [1.29, 1.82) is 0 Å². The molecule has 3 rings (SSSR count). The van der Waals surface area contributed by atoms with Crippen molar-refractivity contribution in [3.63, 3.8) is 0 Å². The van der Waals surface area contributed by atoms with Crippen molar-refractivity contribution < 1.29 is 28.5 Å². The summed E-state index contributed by atoms with van der Waals surface area (Å²) in [7, 11) is 5.23. The highest BCUT2D eigenvalue weighted by Crippen LogP contribution is 2.33. The van der Waals surface area contributed by atoms with Gasteiger partial charge in [0, 0.05) is 13.1 Å². The lowest BCUT2D eigenvalue weighted by atomic mass is 9.78. The minimum atomic E-state index is -0.924. The van der Waals surface area contributed by atoms with Gasteiger partial charge < -0.3 is 24.2 Å². The van der Waals surface area contributed by atoms with Crippen LogP contribution in [0.25, 0.3) is 0 Å². The maximum Gasteiger partial charge on any atom is 0.332 e. The van der Waals surface area contributed by atoms with Gasteiger partial charge in [0.2, 0.25) is 0 Å². The van der Waals surface area contributed by atoms with Crippen LogP contribution in [0.2, 0.25) is 0 Å². The summed E-state index contributed by atoms with van der Waals surface area (Å²) in [6, 6.07) is 10.9. The van der Waals surface area contributed by atoms with E-state index in [9.17, 15) is 14.3 Å². The van der Waals surface area contributed by atoms with Gasteiger partial charge >= 0.3 is 5.97 Å². The van der Waals surface area contributed by atoms with Crippen LogP contribution >= 0.6 is 0 Å². The Morgan fingerprint density at radius 1 is 1.08 bits per heavy atom. The van der Waals surface area contributed by atoms with E-state index in [2.05, 4.69) is 18.7 Å². The molecule has 1 aliphatic carbocycles. The van der Waals surface area contributed by atoms with Crippen molar-refractivity contribution in [2.75, 3.05) is 34.4 Å². The van der Waals surface area contributed by atoms with E-state index in [1.54, 1.807) is 20.3 Å². The third-order valence-corrected chi connectivity index (χ3v) is 7.16. The molecule has 0 heterocycles. The number of carboxylic acids is 1. The first-order valence-electron chi connectivity index (χ1n) is 12.8. The van der Waals surface area contributed by atoms with Gasteiger partial charge in [-0.05, 0) is 91.9 Å². The van der Waals surface area contributed by atoms with Crippen molar-refractivity contribution in [1.82, 2.24) is 4.90 Å². The maximum absolute atomic E-state index is 13.6. The SMILES string of the molecule is COc1ccc(CCN(C)CC[C@H](OC(C(C)C)C2CCc3cc(F)ccc3C2)C(=O)O)cc1OC. The largest absolute Gasteiger partial charge is 0.493 e.